The van der Waals surface area contributed by atoms with Crippen LogP contribution in [0.1, 0.15) is 40.2 Å². The van der Waals surface area contributed by atoms with E-state index in [0.717, 1.165) is 30.8 Å². The Morgan fingerprint density at radius 1 is 1.08 bits per heavy atom. The molecule has 0 aliphatic heterocycles. The van der Waals surface area contributed by atoms with Gasteiger partial charge in [0.25, 0.3) is 0 Å². The summed E-state index contributed by atoms with van der Waals surface area (Å²) in [4.78, 5) is 24.5. The number of carbonyl (C=O) groups excluding carboxylic acids is 2. The number of unbranched alkanes of at least 4 members (excludes halogenated alkanes) is 2. The van der Waals surface area contributed by atoms with Gasteiger partial charge in [0.2, 0.25) is 17.3 Å². The van der Waals surface area contributed by atoms with Crippen LogP contribution in [-0.4, -0.2) is 29.1 Å². The maximum absolute atomic E-state index is 12.2. The molecule has 0 fully saturated rings. The van der Waals surface area contributed by atoms with Crippen molar-refractivity contribution in [1.82, 2.24) is 5.16 Å². The number of para-hydroxylation sites is 1. The normalized spacial score (nSPS) is 13.6. The van der Waals surface area contributed by atoms with Gasteiger partial charge in [0, 0.05) is 6.08 Å². The lowest BCUT2D eigenvalue weighted by molar-refractivity contribution is 0.0967. The maximum atomic E-state index is 12.2. The Morgan fingerprint density at radius 2 is 1.92 bits per heavy atom. The van der Waals surface area contributed by atoms with Gasteiger partial charge in [-0.05, 0) is 37.1 Å². The molecule has 1 aliphatic carbocycles. The largest absolute Gasteiger partial charge is 0.494 e. The summed E-state index contributed by atoms with van der Waals surface area (Å²) >= 11 is 1.41. The van der Waals surface area contributed by atoms with Crippen molar-refractivity contribution in [2.75, 3.05) is 12.4 Å². The standard InChI is InChI=1S/C18H17NO4S/c20-15-11-16(17(21)14-12-19-23-18(14)15)24-10-6-2-5-9-22-13-7-3-1-4-8-13/h1,3-4,7-8,11-12H,2,5-6,9-10H2. The second-order valence-corrected chi connectivity index (χ2v) is 6.48. The van der Waals surface area contributed by atoms with Gasteiger partial charge in [-0.2, -0.15) is 0 Å². The first-order chi connectivity index (χ1) is 11.8. The summed E-state index contributed by atoms with van der Waals surface area (Å²) in [7, 11) is 0. The molecule has 24 heavy (non-hydrogen) atoms. The van der Waals surface area contributed by atoms with Crippen molar-refractivity contribution in [3.8, 4) is 5.75 Å². The molecule has 0 radical (unpaired) electrons. The van der Waals surface area contributed by atoms with Crippen molar-refractivity contribution < 1.29 is 18.8 Å². The third-order valence-electron chi connectivity index (χ3n) is 3.58. The smallest absolute Gasteiger partial charge is 0.225 e. The van der Waals surface area contributed by atoms with Crippen LogP contribution in [0.2, 0.25) is 0 Å². The van der Waals surface area contributed by atoms with Crippen LogP contribution in [0.3, 0.4) is 0 Å². The molecule has 1 aromatic heterocycles. The Kier molecular flexibility index (Phi) is 5.48. The van der Waals surface area contributed by atoms with Crippen LogP contribution >= 0.6 is 11.8 Å². The number of hydrogen-bond acceptors (Lipinski definition) is 6. The highest BCUT2D eigenvalue weighted by molar-refractivity contribution is 8.04. The predicted molar refractivity (Wildman–Crippen MR) is 91.5 cm³/mol. The van der Waals surface area contributed by atoms with E-state index in [0.29, 0.717) is 11.5 Å². The number of fused-ring (bicyclic) bond motifs is 1. The molecular formula is C18H17NO4S. The number of Topliss-reactive ketones (excluding diaryl/α,β-unsaturated/α-hetero) is 1. The number of aromatic nitrogens is 1. The van der Waals surface area contributed by atoms with Crippen molar-refractivity contribution in [2.45, 2.75) is 19.3 Å². The van der Waals surface area contributed by atoms with Gasteiger partial charge in [-0.25, -0.2) is 0 Å². The highest BCUT2D eigenvalue weighted by Gasteiger charge is 2.29. The number of thioether (sulfide) groups is 1. The molecule has 0 bridgehead atoms. The number of ether oxygens (including phenoxy) is 1. The SMILES string of the molecule is O=C1C(SCCCCCOc2ccccc2)=CC(=O)c2oncc21. The number of hydrogen-bond donors (Lipinski definition) is 0. The van der Waals surface area contributed by atoms with E-state index >= 15 is 0 Å². The highest BCUT2D eigenvalue weighted by Crippen LogP contribution is 2.28. The molecule has 0 unspecified atom stereocenters. The predicted octanol–water partition coefficient (Wildman–Crippen LogP) is 3.92. The van der Waals surface area contributed by atoms with Crippen LogP contribution in [-0.2, 0) is 0 Å². The van der Waals surface area contributed by atoms with Crippen LogP contribution in [0.4, 0.5) is 0 Å². The lowest BCUT2D eigenvalue weighted by atomic mass is 10.0. The molecule has 0 saturated carbocycles. The van der Waals surface area contributed by atoms with E-state index in [1.165, 1.54) is 24.0 Å². The Hall–Kier alpha value is -2.34. The number of rotatable bonds is 8. The summed E-state index contributed by atoms with van der Waals surface area (Å²) in [5, 5.41) is 3.52. The van der Waals surface area contributed by atoms with Gasteiger partial charge in [0.15, 0.2) is 0 Å². The number of nitrogens with zero attached hydrogens (tertiary/aromatic N) is 1. The number of benzene rings is 1. The zero-order valence-corrected chi connectivity index (χ0v) is 13.9. The monoisotopic (exact) mass is 343 g/mol. The van der Waals surface area contributed by atoms with Crippen LogP contribution in [0.15, 0.2) is 52.0 Å². The Labute approximate surface area is 144 Å². The fourth-order valence-corrected chi connectivity index (χ4v) is 3.34. The molecule has 1 aromatic carbocycles. The van der Waals surface area contributed by atoms with E-state index in [2.05, 4.69) is 5.16 Å². The zero-order chi connectivity index (χ0) is 16.8. The van der Waals surface area contributed by atoms with Crippen LogP contribution in [0, 0.1) is 0 Å². The average Bonchev–Trinajstić information content (AvgIpc) is 3.10. The summed E-state index contributed by atoms with van der Waals surface area (Å²) in [6.07, 6.45) is 5.58. The molecule has 0 saturated heterocycles. The Balaban J connectivity index is 1.35. The summed E-state index contributed by atoms with van der Waals surface area (Å²) < 4.78 is 10.4. The lowest BCUT2D eigenvalue weighted by Crippen LogP contribution is -2.13. The number of ketones is 2. The quantitative estimate of drug-likeness (QED) is 0.677. The molecule has 0 N–H and O–H groups in total. The van der Waals surface area contributed by atoms with Gasteiger partial charge in [-0.1, -0.05) is 23.4 Å². The van der Waals surface area contributed by atoms with Gasteiger partial charge in [-0.15, -0.1) is 11.8 Å². The minimum Gasteiger partial charge on any atom is -0.494 e. The van der Waals surface area contributed by atoms with Crippen LogP contribution in [0.5, 0.6) is 5.75 Å². The molecule has 1 aliphatic rings. The van der Waals surface area contributed by atoms with Crippen molar-refractivity contribution in [1.29, 1.82) is 0 Å². The minimum atomic E-state index is -0.291. The first-order valence-electron chi connectivity index (χ1n) is 7.82. The third kappa shape index (κ3) is 3.94. The third-order valence-corrected chi connectivity index (χ3v) is 4.69. The van der Waals surface area contributed by atoms with Crippen LogP contribution < -0.4 is 4.74 Å². The number of allylic oxidation sites excluding steroid dienone is 2. The van der Waals surface area contributed by atoms with Gasteiger partial charge >= 0.3 is 0 Å². The van der Waals surface area contributed by atoms with Gasteiger partial charge < -0.3 is 9.26 Å². The fraction of sp³-hybridized carbons (Fsp3) is 0.278. The summed E-state index contributed by atoms with van der Waals surface area (Å²) in [6.45, 7) is 0.679. The maximum Gasteiger partial charge on any atom is 0.225 e. The van der Waals surface area contributed by atoms with E-state index in [9.17, 15) is 9.59 Å². The van der Waals surface area contributed by atoms with Crippen molar-refractivity contribution in [2.24, 2.45) is 0 Å². The van der Waals surface area contributed by atoms with E-state index in [-0.39, 0.29) is 22.9 Å². The van der Waals surface area contributed by atoms with Gasteiger partial charge in [0.1, 0.15) is 5.75 Å². The van der Waals surface area contributed by atoms with Gasteiger partial charge in [0.05, 0.1) is 23.3 Å². The molecule has 5 nitrogen and oxygen atoms in total. The second kappa shape index (κ2) is 7.97. The first-order valence-corrected chi connectivity index (χ1v) is 8.80. The number of carbonyl (C=O) groups is 2. The summed E-state index contributed by atoms with van der Waals surface area (Å²) in [6, 6.07) is 9.73. The first kappa shape index (κ1) is 16.5. The summed E-state index contributed by atoms with van der Waals surface area (Å²) in [5.41, 5.74) is 0.265. The van der Waals surface area contributed by atoms with Crippen molar-refractivity contribution >= 4 is 23.3 Å². The molecule has 1 heterocycles. The van der Waals surface area contributed by atoms with E-state index < -0.39 is 0 Å². The molecular weight excluding hydrogens is 326 g/mol. The van der Waals surface area contributed by atoms with Gasteiger partial charge in [-0.3, -0.25) is 9.59 Å². The van der Waals surface area contributed by atoms with Crippen molar-refractivity contribution in [3.63, 3.8) is 0 Å². The molecule has 0 spiro atoms. The molecule has 3 rings (SSSR count). The minimum absolute atomic E-state index is 0.0439. The summed E-state index contributed by atoms with van der Waals surface area (Å²) in [5.74, 6) is 1.25. The Bertz CT molecular complexity index is 751. The molecule has 2 aromatic rings. The van der Waals surface area contributed by atoms with E-state index in [1.807, 2.05) is 30.3 Å². The average molecular weight is 343 g/mol. The lowest BCUT2D eigenvalue weighted by Gasteiger charge is -2.09. The molecule has 6 heteroatoms. The zero-order valence-electron chi connectivity index (χ0n) is 13.1. The van der Waals surface area contributed by atoms with Crippen molar-refractivity contribution in [3.05, 3.63) is 58.8 Å². The van der Waals surface area contributed by atoms with Crippen LogP contribution in [0.25, 0.3) is 0 Å². The van der Waals surface area contributed by atoms with E-state index in [4.69, 9.17) is 9.26 Å². The molecule has 124 valence electrons. The van der Waals surface area contributed by atoms with E-state index in [1.54, 1.807) is 0 Å². The second-order valence-electron chi connectivity index (χ2n) is 5.34. The fourth-order valence-electron chi connectivity index (χ4n) is 2.34. The topological polar surface area (TPSA) is 69.4 Å². The Morgan fingerprint density at radius 3 is 2.75 bits per heavy atom. The molecule has 0 atom stereocenters. The molecule has 0 amide bonds. The highest BCUT2D eigenvalue weighted by atomic mass is 32.2.